The third-order valence-electron chi connectivity index (χ3n) is 3.71. The largest absolute Gasteiger partial charge is 0.480 e. The predicted octanol–water partition coefficient (Wildman–Crippen LogP) is 2.15. The van der Waals surface area contributed by atoms with Crippen molar-refractivity contribution in [1.29, 1.82) is 0 Å². The Morgan fingerprint density at radius 2 is 1.69 bits per heavy atom. The van der Waals surface area contributed by atoms with Crippen molar-refractivity contribution in [2.75, 3.05) is 20.3 Å². The minimum absolute atomic E-state index is 0.253. The topological polar surface area (TPSA) is 76.7 Å². The summed E-state index contributed by atoms with van der Waals surface area (Å²) in [6.07, 6.45) is -0.727. The third-order valence-corrected chi connectivity index (χ3v) is 3.71. The van der Waals surface area contributed by atoms with E-state index in [9.17, 15) is 9.59 Å². The summed E-state index contributed by atoms with van der Waals surface area (Å²) in [5.41, 5.74) is 1.39. The van der Waals surface area contributed by atoms with Crippen LogP contribution in [0.1, 0.15) is 22.8 Å². The highest BCUT2D eigenvalue weighted by Gasteiger charge is 2.18. The molecule has 0 aliphatic heterocycles. The van der Waals surface area contributed by atoms with Crippen LogP contribution in [0.4, 0.5) is 0 Å². The summed E-state index contributed by atoms with van der Waals surface area (Å²) in [7, 11) is 1.57. The van der Waals surface area contributed by atoms with E-state index in [-0.39, 0.29) is 11.8 Å². The summed E-state index contributed by atoms with van der Waals surface area (Å²) in [6.45, 7) is 2.89. The molecule has 0 fully saturated rings. The Hall–Kier alpha value is -2.86. The van der Waals surface area contributed by atoms with E-state index in [2.05, 4.69) is 10.6 Å². The highest BCUT2D eigenvalue weighted by atomic mass is 16.5. The maximum Gasteiger partial charge on any atom is 0.260 e. The van der Waals surface area contributed by atoms with E-state index in [4.69, 9.17) is 9.47 Å². The molecule has 0 bridgehead atoms. The van der Waals surface area contributed by atoms with Gasteiger partial charge in [-0.05, 0) is 24.6 Å². The van der Waals surface area contributed by atoms with Crippen molar-refractivity contribution >= 4 is 11.8 Å². The van der Waals surface area contributed by atoms with Crippen LogP contribution in [0.25, 0.3) is 0 Å². The molecule has 138 valence electrons. The summed E-state index contributed by atoms with van der Waals surface area (Å²) in [6, 6.07) is 16.5. The fourth-order valence-corrected chi connectivity index (χ4v) is 2.29. The highest BCUT2D eigenvalue weighted by Crippen LogP contribution is 2.19. The lowest BCUT2D eigenvalue weighted by Gasteiger charge is -2.17. The van der Waals surface area contributed by atoms with E-state index in [1.165, 1.54) is 0 Å². The summed E-state index contributed by atoms with van der Waals surface area (Å²) in [5, 5.41) is 5.57. The van der Waals surface area contributed by atoms with Gasteiger partial charge >= 0.3 is 0 Å². The van der Waals surface area contributed by atoms with Crippen molar-refractivity contribution in [3.8, 4) is 5.75 Å². The molecule has 0 aliphatic rings. The lowest BCUT2D eigenvalue weighted by atomic mass is 10.1. The van der Waals surface area contributed by atoms with E-state index >= 15 is 0 Å². The molecule has 0 unspecified atom stereocenters. The molecule has 0 saturated heterocycles. The molecule has 0 heterocycles. The standard InChI is InChI=1S/C20H24N2O4/c1-15(19(23)21-12-13-25-2)26-18-11-7-6-10-17(18)20(24)22-14-16-8-4-3-5-9-16/h3-11,15H,12-14H2,1-2H3,(H,21,23)(H,22,24)/t15-/m0/s1. The van der Waals surface area contributed by atoms with E-state index in [1.807, 2.05) is 30.3 Å². The highest BCUT2D eigenvalue weighted by molar-refractivity contribution is 5.97. The van der Waals surface area contributed by atoms with Gasteiger partial charge in [-0.2, -0.15) is 0 Å². The van der Waals surface area contributed by atoms with Crippen LogP contribution in [0.3, 0.4) is 0 Å². The van der Waals surface area contributed by atoms with Crippen LogP contribution in [0.15, 0.2) is 54.6 Å². The molecular weight excluding hydrogens is 332 g/mol. The quantitative estimate of drug-likeness (QED) is 0.675. The third kappa shape index (κ3) is 5.89. The van der Waals surface area contributed by atoms with Gasteiger partial charge in [0.25, 0.3) is 11.8 Å². The van der Waals surface area contributed by atoms with Gasteiger partial charge in [0.2, 0.25) is 0 Å². The lowest BCUT2D eigenvalue weighted by Crippen LogP contribution is -2.38. The summed E-state index contributed by atoms with van der Waals surface area (Å²) >= 11 is 0. The molecule has 0 aliphatic carbocycles. The Morgan fingerprint density at radius 1 is 1.00 bits per heavy atom. The van der Waals surface area contributed by atoms with Gasteiger partial charge in [-0.15, -0.1) is 0 Å². The van der Waals surface area contributed by atoms with Gasteiger partial charge in [0.1, 0.15) is 5.75 Å². The maximum atomic E-state index is 12.5. The molecule has 0 radical (unpaired) electrons. The normalized spacial score (nSPS) is 11.5. The Balaban J connectivity index is 1.97. The van der Waals surface area contributed by atoms with E-state index in [0.717, 1.165) is 5.56 Å². The van der Waals surface area contributed by atoms with Gasteiger partial charge < -0.3 is 20.1 Å². The lowest BCUT2D eigenvalue weighted by molar-refractivity contribution is -0.127. The Bertz CT molecular complexity index is 719. The number of benzene rings is 2. The number of carbonyl (C=O) groups excluding carboxylic acids is 2. The zero-order valence-electron chi connectivity index (χ0n) is 15.0. The molecule has 1 atom stereocenters. The van der Waals surface area contributed by atoms with Crippen LogP contribution in [0, 0.1) is 0 Å². The number of methoxy groups -OCH3 is 1. The van der Waals surface area contributed by atoms with Crippen LogP contribution in [-0.4, -0.2) is 38.2 Å². The van der Waals surface area contributed by atoms with Crippen molar-refractivity contribution in [2.24, 2.45) is 0 Å². The van der Waals surface area contributed by atoms with Crippen LogP contribution < -0.4 is 15.4 Å². The Kier molecular flexibility index (Phi) is 7.64. The van der Waals surface area contributed by atoms with Gasteiger partial charge in [0.15, 0.2) is 6.10 Å². The Morgan fingerprint density at radius 3 is 2.42 bits per heavy atom. The van der Waals surface area contributed by atoms with Crippen molar-refractivity contribution in [3.63, 3.8) is 0 Å². The number of amides is 2. The van der Waals surface area contributed by atoms with Crippen molar-refractivity contribution in [3.05, 3.63) is 65.7 Å². The molecule has 6 nitrogen and oxygen atoms in total. The molecule has 2 aromatic rings. The second-order valence-electron chi connectivity index (χ2n) is 5.71. The fourth-order valence-electron chi connectivity index (χ4n) is 2.29. The maximum absolute atomic E-state index is 12.5. The first-order chi connectivity index (χ1) is 12.6. The summed E-state index contributed by atoms with van der Waals surface area (Å²) in [4.78, 5) is 24.5. The van der Waals surface area contributed by atoms with Crippen molar-refractivity contribution in [2.45, 2.75) is 19.6 Å². The number of hydrogen-bond donors (Lipinski definition) is 2. The summed E-state index contributed by atoms with van der Waals surface area (Å²) < 4.78 is 10.6. The zero-order chi connectivity index (χ0) is 18.8. The smallest absolute Gasteiger partial charge is 0.260 e. The van der Waals surface area contributed by atoms with Gasteiger partial charge in [-0.1, -0.05) is 42.5 Å². The molecule has 6 heteroatoms. The molecule has 2 rings (SSSR count). The SMILES string of the molecule is COCCNC(=O)[C@H](C)Oc1ccccc1C(=O)NCc1ccccc1. The molecule has 0 aromatic heterocycles. The van der Waals surface area contributed by atoms with E-state index in [0.29, 0.717) is 31.0 Å². The van der Waals surface area contributed by atoms with Crippen LogP contribution in [0.5, 0.6) is 5.75 Å². The van der Waals surface area contributed by atoms with Gasteiger partial charge in [-0.3, -0.25) is 9.59 Å². The average molecular weight is 356 g/mol. The second-order valence-corrected chi connectivity index (χ2v) is 5.71. The number of nitrogens with one attached hydrogen (secondary N) is 2. The first-order valence-electron chi connectivity index (χ1n) is 8.46. The number of para-hydroxylation sites is 1. The molecular formula is C20H24N2O4. The second kappa shape index (κ2) is 10.2. The van der Waals surface area contributed by atoms with Gasteiger partial charge in [0, 0.05) is 20.2 Å². The van der Waals surface area contributed by atoms with Gasteiger partial charge in [-0.25, -0.2) is 0 Å². The number of carbonyl (C=O) groups is 2. The van der Waals surface area contributed by atoms with Crippen LogP contribution in [0.2, 0.25) is 0 Å². The molecule has 2 N–H and O–H groups in total. The molecule has 26 heavy (non-hydrogen) atoms. The molecule has 2 aromatic carbocycles. The Labute approximate surface area is 153 Å². The number of hydrogen-bond acceptors (Lipinski definition) is 4. The minimum atomic E-state index is -0.727. The first kappa shape index (κ1) is 19.5. The molecule has 2 amide bonds. The van der Waals surface area contributed by atoms with E-state index in [1.54, 1.807) is 38.3 Å². The average Bonchev–Trinajstić information content (AvgIpc) is 2.67. The van der Waals surface area contributed by atoms with Crippen LogP contribution in [-0.2, 0) is 16.1 Å². The van der Waals surface area contributed by atoms with Crippen molar-refractivity contribution < 1.29 is 19.1 Å². The van der Waals surface area contributed by atoms with Gasteiger partial charge in [0.05, 0.1) is 12.2 Å². The monoisotopic (exact) mass is 356 g/mol. The zero-order valence-corrected chi connectivity index (χ0v) is 15.0. The minimum Gasteiger partial charge on any atom is -0.480 e. The predicted molar refractivity (Wildman–Crippen MR) is 99.0 cm³/mol. The fraction of sp³-hybridized carbons (Fsp3) is 0.300. The first-order valence-corrected chi connectivity index (χ1v) is 8.46. The molecule has 0 spiro atoms. The van der Waals surface area contributed by atoms with E-state index < -0.39 is 6.10 Å². The summed E-state index contributed by atoms with van der Waals surface area (Å²) in [5.74, 6) is -0.148. The number of ether oxygens (including phenoxy) is 2. The van der Waals surface area contributed by atoms with Crippen LogP contribution >= 0.6 is 0 Å². The number of rotatable bonds is 9. The molecule has 0 saturated carbocycles. The van der Waals surface area contributed by atoms with Crippen molar-refractivity contribution in [1.82, 2.24) is 10.6 Å².